The van der Waals surface area contributed by atoms with Crippen LogP contribution in [0, 0.1) is 10.1 Å². The largest absolute Gasteiger partial charge is 0.573 e. The van der Waals surface area contributed by atoms with Crippen LogP contribution < -0.4 is 4.74 Å². The predicted molar refractivity (Wildman–Crippen MR) is 55.6 cm³/mol. The van der Waals surface area contributed by atoms with Crippen LogP contribution in [0.3, 0.4) is 0 Å². The van der Waals surface area contributed by atoms with Gasteiger partial charge in [-0.25, -0.2) is 13.4 Å². The van der Waals surface area contributed by atoms with Crippen LogP contribution in [-0.2, 0) is 15.2 Å². The lowest BCUT2D eigenvalue weighted by Gasteiger charge is -2.13. The van der Waals surface area contributed by atoms with Crippen molar-refractivity contribution < 1.29 is 44.4 Å². The molecule has 1 aromatic heterocycles. The molecule has 1 heterocycles. The van der Waals surface area contributed by atoms with Gasteiger partial charge in [-0.15, -0.1) is 13.2 Å². The van der Waals surface area contributed by atoms with Crippen LogP contribution in [0.4, 0.5) is 32.0 Å². The van der Waals surface area contributed by atoms with E-state index in [1.807, 2.05) is 0 Å². The van der Waals surface area contributed by atoms with E-state index in [1.54, 1.807) is 0 Å². The number of pyridine rings is 1. The van der Waals surface area contributed by atoms with Crippen molar-refractivity contribution in [1.82, 2.24) is 4.98 Å². The molecule has 0 spiro atoms. The predicted octanol–water partition coefficient (Wildman–Crippen LogP) is 2.83. The van der Waals surface area contributed by atoms with E-state index in [-0.39, 0.29) is 6.07 Å². The fourth-order valence-electron chi connectivity index (χ4n) is 1.19. The Kier molecular flexibility index (Phi) is 4.49. The van der Waals surface area contributed by atoms with Gasteiger partial charge in [0.05, 0.1) is 11.0 Å². The third-order valence-corrected chi connectivity index (χ3v) is 3.05. The molecule has 0 unspecified atom stereocenters. The SMILES string of the molecule is O=[N+]([O-])c1cc(OC(F)(F)F)c(S(=O)(=O)Cl)nc1C(F)(F)F. The van der Waals surface area contributed by atoms with E-state index < -0.39 is 48.7 Å². The van der Waals surface area contributed by atoms with Crippen LogP contribution in [0.25, 0.3) is 0 Å². The summed E-state index contributed by atoms with van der Waals surface area (Å²) in [5, 5.41) is 8.54. The van der Waals surface area contributed by atoms with Gasteiger partial charge < -0.3 is 4.74 Å². The highest BCUT2D eigenvalue weighted by atomic mass is 35.7. The minimum absolute atomic E-state index is 0.376. The number of hydrogen-bond donors (Lipinski definition) is 0. The van der Waals surface area contributed by atoms with Crippen molar-refractivity contribution in [2.45, 2.75) is 17.6 Å². The average Bonchev–Trinajstić information content (AvgIpc) is 2.22. The van der Waals surface area contributed by atoms with Crippen molar-refractivity contribution in [3.8, 4) is 5.75 Å². The van der Waals surface area contributed by atoms with Crippen molar-refractivity contribution in [2.75, 3.05) is 0 Å². The molecule has 0 atom stereocenters. The first-order chi connectivity index (χ1) is 9.63. The highest BCUT2D eigenvalue weighted by molar-refractivity contribution is 8.13. The lowest BCUT2D eigenvalue weighted by atomic mass is 10.3. The number of alkyl halides is 6. The Bertz CT molecular complexity index is 715. The smallest absolute Gasteiger partial charge is 0.402 e. The molecular weight excluding hydrogens is 374 g/mol. The minimum Gasteiger partial charge on any atom is -0.402 e. The van der Waals surface area contributed by atoms with Gasteiger partial charge in [0.1, 0.15) is 0 Å². The van der Waals surface area contributed by atoms with Crippen molar-refractivity contribution in [3.05, 3.63) is 21.9 Å². The van der Waals surface area contributed by atoms with Crippen LogP contribution in [0.1, 0.15) is 5.69 Å². The first kappa shape index (κ1) is 18.2. The highest BCUT2D eigenvalue weighted by Crippen LogP contribution is 2.40. The molecular formula is C7HClF6N2O5S. The molecule has 0 saturated carbocycles. The van der Waals surface area contributed by atoms with E-state index in [0.29, 0.717) is 0 Å². The van der Waals surface area contributed by atoms with Gasteiger partial charge >= 0.3 is 18.2 Å². The number of ether oxygens (including phenoxy) is 1. The van der Waals surface area contributed by atoms with Gasteiger partial charge in [0.2, 0.25) is 10.7 Å². The summed E-state index contributed by atoms with van der Waals surface area (Å²) in [6.45, 7) is 0. The Morgan fingerprint density at radius 1 is 1.23 bits per heavy atom. The number of hydrogen-bond acceptors (Lipinski definition) is 6. The Labute approximate surface area is 121 Å². The fraction of sp³-hybridized carbons (Fsp3) is 0.286. The van der Waals surface area contributed by atoms with Crippen LogP contribution in [0.5, 0.6) is 5.75 Å². The lowest BCUT2D eigenvalue weighted by molar-refractivity contribution is -0.388. The Hall–Kier alpha value is -1.83. The minimum atomic E-state index is -5.55. The molecule has 1 rings (SSSR count). The van der Waals surface area contributed by atoms with Crippen molar-refractivity contribution in [2.24, 2.45) is 0 Å². The molecule has 0 fully saturated rings. The maximum Gasteiger partial charge on any atom is 0.573 e. The molecule has 124 valence electrons. The summed E-state index contributed by atoms with van der Waals surface area (Å²) in [7, 11) is -0.546. The molecule has 15 heteroatoms. The first-order valence-corrected chi connectivity index (χ1v) is 6.91. The number of aromatic nitrogens is 1. The number of nitrogens with zero attached hydrogens (tertiary/aromatic N) is 2. The molecule has 0 radical (unpaired) electrons. The molecule has 22 heavy (non-hydrogen) atoms. The fourth-order valence-corrected chi connectivity index (χ4v) is 2.06. The maximum atomic E-state index is 12.6. The Balaban J connectivity index is 3.78. The molecule has 0 amide bonds. The van der Waals surface area contributed by atoms with Crippen LogP contribution in [0.15, 0.2) is 11.1 Å². The molecule has 0 aromatic carbocycles. The van der Waals surface area contributed by atoms with Gasteiger partial charge in [-0.05, 0) is 0 Å². The zero-order chi connectivity index (χ0) is 17.5. The van der Waals surface area contributed by atoms with E-state index in [1.165, 1.54) is 0 Å². The van der Waals surface area contributed by atoms with Crippen LogP contribution in [-0.4, -0.2) is 24.7 Å². The summed E-state index contributed by atoms with van der Waals surface area (Å²) in [6, 6.07) is -0.376. The summed E-state index contributed by atoms with van der Waals surface area (Å²) in [6.07, 6.45) is -11.1. The third-order valence-electron chi connectivity index (χ3n) is 1.86. The summed E-state index contributed by atoms with van der Waals surface area (Å²) < 4.78 is 99.2. The number of halogens is 7. The van der Waals surface area contributed by atoms with Crippen molar-refractivity contribution in [3.63, 3.8) is 0 Å². The summed E-state index contributed by atoms with van der Waals surface area (Å²) in [5.41, 5.74) is -4.28. The topological polar surface area (TPSA) is 99.4 Å². The molecule has 0 aliphatic heterocycles. The van der Waals surface area contributed by atoms with Gasteiger partial charge in [0.15, 0.2) is 5.75 Å². The summed E-state index contributed by atoms with van der Waals surface area (Å²) in [5.74, 6) is -1.86. The number of nitro groups is 1. The van der Waals surface area contributed by atoms with Crippen molar-refractivity contribution >= 4 is 25.4 Å². The first-order valence-electron chi connectivity index (χ1n) is 4.60. The Morgan fingerprint density at radius 3 is 2.05 bits per heavy atom. The van der Waals surface area contributed by atoms with E-state index in [2.05, 4.69) is 20.4 Å². The molecule has 0 saturated heterocycles. The summed E-state index contributed by atoms with van der Waals surface area (Å²) in [4.78, 5) is 11.1. The second-order valence-electron chi connectivity index (χ2n) is 3.40. The zero-order valence-electron chi connectivity index (χ0n) is 9.57. The van der Waals surface area contributed by atoms with E-state index >= 15 is 0 Å². The van der Waals surface area contributed by atoms with Gasteiger partial charge in [0.25, 0.3) is 9.05 Å². The maximum absolute atomic E-state index is 12.6. The molecule has 0 aliphatic rings. The summed E-state index contributed by atoms with van der Waals surface area (Å²) >= 11 is 0. The van der Waals surface area contributed by atoms with Crippen molar-refractivity contribution in [1.29, 1.82) is 0 Å². The molecule has 0 aliphatic carbocycles. The second-order valence-corrected chi connectivity index (χ2v) is 5.88. The van der Waals surface area contributed by atoms with Gasteiger partial charge in [-0.3, -0.25) is 10.1 Å². The lowest BCUT2D eigenvalue weighted by Crippen LogP contribution is -2.21. The standard InChI is InChI=1S/C7HClF6N2O5S/c8-22(19,20)5-3(21-7(12,13)14)1-2(16(17)18)4(15-5)6(9,10)11/h1H. The second kappa shape index (κ2) is 5.42. The van der Waals surface area contributed by atoms with Crippen LogP contribution >= 0.6 is 10.7 Å². The van der Waals surface area contributed by atoms with E-state index in [0.717, 1.165) is 0 Å². The third kappa shape index (κ3) is 4.33. The quantitative estimate of drug-likeness (QED) is 0.349. The molecule has 0 bridgehead atoms. The van der Waals surface area contributed by atoms with Gasteiger partial charge in [0, 0.05) is 10.7 Å². The molecule has 7 nitrogen and oxygen atoms in total. The normalized spacial score (nSPS) is 13.0. The molecule has 0 N–H and O–H groups in total. The Morgan fingerprint density at radius 2 is 1.73 bits per heavy atom. The van der Waals surface area contributed by atoms with E-state index in [9.17, 15) is 44.9 Å². The van der Waals surface area contributed by atoms with Crippen LogP contribution in [0.2, 0.25) is 0 Å². The van der Waals surface area contributed by atoms with Gasteiger partial charge in [-0.1, -0.05) is 0 Å². The zero-order valence-corrected chi connectivity index (χ0v) is 11.1. The number of rotatable bonds is 3. The van der Waals surface area contributed by atoms with E-state index in [4.69, 9.17) is 0 Å². The van der Waals surface area contributed by atoms with Gasteiger partial charge in [-0.2, -0.15) is 13.2 Å². The molecule has 1 aromatic rings. The average molecular weight is 375 g/mol. The highest BCUT2D eigenvalue weighted by Gasteiger charge is 2.44. The monoisotopic (exact) mass is 374 g/mol.